The highest BCUT2D eigenvalue weighted by molar-refractivity contribution is 6.29. The molecule has 0 aromatic heterocycles. The summed E-state index contributed by atoms with van der Waals surface area (Å²) >= 11 is 0. The number of rotatable bonds is 4. The molecule has 2 aliphatic rings. The molecule has 0 bridgehead atoms. The molecule has 1 aliphatic carbocycles. The molecule has 0 unspecified atom stereocenters. The van der Waals surface area contributed by atoms with Gasteiger partial charge >= 0.3 is 6.03 Å². The first-order valence-corrected chi connectivity index (χ1v) is 8.08. The van der Waals surface area contributed by atoms with Crippen molar-refractivity contribution in [3.63, 3.8) is 0 Å². The monoisotopic (exact) mass is 323 g/mol. The molecular formula is C15H25N5O3. The zero-order valence-electron chi connectivity index (χ0n) is 13.5. The van der Waals surface area contributed by atoms with E-state index >= 15 is 0 Å². The normalized spacial score (nSPS) is 26.0. The number of hydrogen-bond acceptors (Lipinski definition) is 6. The van der Waals surface area contributed by atoms with Crippen LogP contribution in [-0.2, 0) is 9.59 Å². The summed E-state index contributed by atoms with van der Waals surface area (Å²) in [6.07, 6.45) is 4.22. The molecule has 0 aromatic carbocycles. The van der Waals surface area contributed by atoms with Crippen molar-refractivity contribution in [2.45, 2.75) is 57.5 Å². The van der Waals surface area contributed by atoms with Crippen LogP contribution in [0.25, 0.3) is 0 Å². The van der Waals surface area contributed by atoms with Crippen LogP contribution < -0.4 is 17.2 Å². The van der Waals surface area contributed by atoms with E-state index < -0.39 is 17.8 Å². The Kier molecular flexibility index (Phi) is 5.25. The minimum absolute atomic E-state index is 0.0914. The van der Waals surface area contributed by atoms with E-state index in [2.05, 4.69) is 0 Å². The van der Waals surface area contributed by atoms with Gasteiger partial charge in [-0.05, 0) is 32.1 Å². The molecule has 1 saturated carbocycles. The van der Waals surface area contributed by atoms with Crippen LogP contribution in [0.1, 0.15) is 45.4 Å². The average molecular weight is 323 g/mol. The number of unbranched alkanes of at least 4 members (excludes halogenated alkanes) is 1. The molecule has 2 rings (SSSR count). The predicted octanol–water partition coefficient (Wildman–Crippen LogP) is -0.0238. The Hall–Kier alpha value is -2.09. The highest BCUT2D eigenvalue weighted by atomic mass is 16.2. The first-order valence-electron chi connectivity index (χ1n) is 8.08. The lowest BCUT2D eigenvalue weighted by atomic mass is 9.90. The fourth-order valence-electron chi connectivity index (χ4n) is 3.09. The molecule has 1 aliphatic heterocycles. The molecule has 1 heterocycles. The third kappa shape index (κ3) is 3.31. The predicted molar refractivity (Wildman–Crippen MR) is 84.5 cm³/mol. The van der Waals surface area contributed by atoms with Crippen molar-refractivity contribution in [2.24, 2.45) is 17.2 Å². The van der Waals surface area contributed by atoms with E-state index in [0.29, 0.717) is 19.3 Å². The van der Waals surface area contributed by atoms with E-state index in [-0.39, 0.29) is 30.0 Å². The zero-order chi connectivity index (χ0) is 17.1. The molecule has 8 heteroatoms. The highest BCUT2D eigenvalue weighted by Gasteiger charge is 2.46. The lowest BCUT2D eigenvalue weighted by molar-refractivity contribution is -0.137. The maximum absolute atomic E-state index is 12.7. The number of amides is 4. The van der Waals surface area contributed by atoms with E-state index in [1.54, 1.807) is 0 Å². The molecule has 4 amide bonds. The quantitative estimate of drug-likeness (QED) is 0.491. The second-order valence-electron chi connectivity index (χ2n) is 6.17. The topological polar surface area (TPSA) is 136 Å². The molecule has 1 saturated heterocycles. The van der Waals surface area contributed by atoms with Gasteiger partial charge in [0.1, 0.15) is 11.4 Å². The van der Waals surface area contributed by atoms with Gasteiger partial charge in [0, 0.05) is 18.6 Å². The fraction of sp³-hybridized carbons (Fsp3) is 0.667. The van der Waals surface area contributed by atoms with Crippen LogP contribution in [0.15, 0.2) is 11.4 Å². The highest BCUT2D eigenvalue weighted by Crippen LogP contribution is 2.28. The Morgan fingerprint density at radius 1 is 1.09 bits per heavy atom. The second-order valence-corrected chi connectivity index (χ2v) is 6.17. The zero-order valence-corrected chi connectivity index (χ0v) is 13.5. The van der Waals surface area contributed by atoms with E-state index in [0.717, 1.165) is 29.1 Å². The Morgan fingerprint density at radius 3 is 2.22 bits per heavy atom. The summed E-state index contributed by atoms with van der Waals surface area (Å²) in [7, 11) is 0. The summed E-state index contributed by atoms with van der Waals surface area (Å²) < 4.78 is 0. The van der Waals surface area contributed by atoms with Gasteiger partial charge in [0.2, 0.25) is 0 Å². The summed E-state index contributed by atoms with van der Waals surface area (Å²) in [4.78, 5) is 39.9. The molecule has 0 aromatic rings. The van der Waals surface area contributed by atoms with Crippen molar-refractivity contribution in [3.05, 3.63) is 11.4 Å². The summed E-state index contributed by atoms with van der Waals surface area (Å²) in [5, 5.41) is 0. The van der Waals surface area contributed by atoms with Gasteiger partial charge in [-0.25, -0.2) is 4.79 Å². The van der Waals surface area contributed by atoms with Crippen molar-refractivity contribution in [3.8, 4) is 0 Å². The standard InChI is InChI=1S/C15H25N5O3/c1-2-3-8-19-13(21)11(12(17)18)14(22)20(15(19)23)10-6-4-9(16)5-7-10/h9-10H,2-8,16-18H2,1H3. The van der Waals surface area contributed by atoms with Crippen LogP contribution in [-0.4, -0.2) is 46.3 Å². The minimum atomic E-state index is -0.697. The van der Waals surface area contributed by atoms with Gasteiger partial charge in [-0.15, -0.1) is 0 Å². The van der Waals surface area contributed by atoms with Gasteiger partial charge in [-0.1, -0.05) is 13.3 Å². The van der Waals surface area contributed by atoms with Crippen LogP contribution in [0.4, 0.5) is 4.79 Å². The average Bonchev–Trinajstić information content (AvgIpc) is 2.48. The number of imide groups is 2. The van der Waals surface area contributed by atoms with Crippen LogP contribution in [0.3, 0.4) is 0 Å². The largest absolute Gasteiger partial charge is 0.385 e. The van der Waals surface area contributed by atoms with Crippen molar-refractivity contribution in [2.75, 3.05) is 6.54 Å². The van der Waals surface area contributed by atoms with Crippen LogP contribution in [0.5, 0.6) is 0 Å². The molecule has 0 atom stereocenters. The minimum Gasteiger partial charge on any atom is -0.385 e. The lowest BCUT2D eigenvalue weighted by Crippen LogP contribution is -2.61. The van der Waals surface area contributed by atoms with E-state index in [1.807, 2.05) is 6.92 Å². The van der Waals surface area contributed by atoms with Crippen molar-refractivity contribution in [1.29, 1.82) is 0 Å². The summed E-state index contributed by atoms with van der Waals surface area (Å²) in [5.41, 5.74) is 16.6. The third-order valence-electron chi connectivity index (χ3n) is 4.46. The van der Waals surface area contributed by atoms with Crippen molar-refractivity contribution >= 4 is 17.8 Å². The molecule has 23 heavy (non-hydrogen) atoms. The van der Waals surface area contributed by atoms with Crippen LogP contribution >= 0.6 is 0 Å². The Bertz CT molecular complexity index is 533. The third-order valence-corrected chi connectivity index (χ3v) is 4.46. The SMILES string of the molecule is CCCCN1C(=O)C(=C(N)N)C(=O)N(C2CCC(N)CC2)C1=O. The number of nitrogens with two attached hydrogens (primary N) is 3. The van der Waals surface area contributed by atoms with Crippen molar-refractivity contribution < 1.29 is 14.4 Å². The van der Waals surface area contributed by atoms with E-state index in [1.165, 1.54) is 0 Å². The molecular weight excluding hydrogens is 298 g/mol. The molecule has 0 spiro atoms. The Labute approximate surface area is 135 Å². The first-order chi connectivity index (χ1) is 10.9. The number of nitrogens with zero attached hydrogens (tertiary/aromatic N) is 2. The van der Waals surface area contributed by atoms with Gasteiger partial charge < -0.3 is 17.2 Å². The van der Waals surface area contributed by atoms with E-state index in [9.17, 15) is 14.4 Å². The first kappa shape index (κ1) is 17.3. The number of carbonyl (C=O) groups is 3. The van der Waals surface area contributed by atoms with E-state index in [4.69, 9.17) is 17.2 Å². The van der Waals surface area contributed by atoms with Crippen LogP contribution in [0, 0.1) is 0 Å². The smallest absolute Gasteiger partial charge is 0.334 e. The number of barbiturate groups is 1. The molecule has 0 radical (unpaired) electrons. The summed E-state index contributed by atoms with van der Waals surface area (Å²) in [5.74, 6) is -1.73. The Balaban J connectivity index is 2.32. The second kappa shape index (κ2) is 6.99. The van der Waals surface area contributed by atoms with Gasteiger partial charge in [-0.2, -0.15) is 0 Å². The number of carbonyl (C=O) groups excluding carboxylic acids is 3. The van der Waals surface area contributed by atoms with Gasteiger partial charge in [0.15, 0.2) is 0 Å². The number of hydrogen-bond donors (Lipinski definition) is 3. The maximum Gasteiger partial charge on any atom is 0.334 e. The van der Waals surface area contributed by atoms with Crippen LogP contribution in [0.2, 0.25) is 0 Å². The summed E-state index contributed by atoms with van der Waals surface area (Å²) in [6.45, 7) is 2.21. The summed E-state index contributed by atoms with van der Waals surface area (Å²) in [6, 6.07) is -0.742. The number of urea groups is 1. The fourth-order valence-corrected chi connectivity index (χ4v) is 3.09. The molecule has 2 fully saturated rings. The molecule has 128 valence electrons. The van der Waals surface area contributed by atoms with Gasteiger partial charge in [-0.3, -0.25) is 19.4 Å². The van der Waals surface area contributed by atoms with Gasteiger partial charge in [0.25, 0.3) is 11.8 Å². The molecule has 6 N–H and O–H groups in total. The molecule has 8 nitrogen and oxygen atoms in total. The maximum atomic E-state index is 12.7. The lowest BCUT2D eigenvalue weighted by Gasteiger charge is -2.40. The van der Waals surface area contributed by atoms with Crippen molar-refractivity contribution in [1.82, 2.24) is 9.80 Å². The van der Waals surface area contributed by atoms with Gasteiger partial charge in [0.05, 0.1) is 0 Å². The Morgan fingerprint density at radius 2 is 1.70 bits per heavy atom.